The molecule has 1 aliphatic rings. The molecule has 0 atom stereocenters. The smallest absolute Gasteiger partial charge is 0.255 e. The van der Waals surface area contributed by atoms with Crippen molar-refractivity contribution in [3.8, 4) is 5.75 Å². The molecule has 0 unspecified atom stereocenters. The highest BCUT2D eigenvalue weighted by molar-refractivity contribution is 9.10. The normalized spacial score (nSPS) is 12.7. The number of aryl methyl sites for hydroxylation is 1. The minimum atomic E-state index is -0.168. The molecule has 0 radical (unpaired) electrons. The molecule has 0 aliphatic carbocycles. The number of hydrogen-bond acceptors (Lipinski definition) is 2. The van der Waals surface area contributed by atoms with Crippen LogP contribution in [0.5, 0.6) is 5.75 Å². The third kappa shape index (κ3) is 3.28. The number of amides is 1. The summed E-state index contributed by atoms with van der Waals surface area (Å²) < 4.78 is 6.46. The second-order valence-electron chi connectivity index (χ2n) is 5.03. The van der Waals surface area contributed by atoms with Gasteiger partial charge < -0.3 is 10.1 Å². The molecule has 3 rings (SSSR count). The van der Waals surface area contributed by atoms with Gasteiger partial charge in [-0.05, 0) is 55.0 Å². The van der Waals surface area contributed by atoms with Gasteiger partial charge in [0.2, 0.25) is 0 Å². The van der Waals surface area contributed by atoms with Gasteiger partial charge in [-0.3, -0.25) is 4.79 Å². The standard InChI is InChI=1S/C18H14BrNO2/c1-12-3-2-4-16(9-12)20-18(21)13-7-8-22-17-6-5-15(19)11-14(17)10-13/h2-11H,1H3,(H,20,21). The maximum Gasteiger partial charge on any atom is 0.255 e. The molecule has 0 bridgehead atoms. The van der Waals surface area contributed by atoms with Crippen LogP contribution in [0.3, 0.4) is 0 Å². The predicted molar refractivity (Wildman–Crippen MR) is 91.7 cm³/mol. The number of hydrogen-bond donors (Lipinski definition) is 1. The second-order valence-corrected chi connectivity index (χ2v) is 5.94. The van der Waals surface area contributed by atoms with Gasteiger partial charge in [0.15, 0.2) is 0 Å². The number of halogens is 1. The topological polar surface area (TPSA) is 38.3 Å². The zero-order valence-corrected chi connectivity index (χ0v) is 13.6. The van der Waals surface area contributed by atoms with Crippen LogP contribution in [0.2, 0.25) is 0 Å². The Morgan fingerprint density at radius 3 is 2.86 bits per heavy atom. The Balaban J connectivity index is 1.88. The Labute approximate surface area is 137 Å². The molecule has 4 heteroatoms. The van der Waals surface area contributed by atoms with Crippen LogP contribution in [0.4, 0.5) is 5.69 Å². The minimum absolute atomic E-state index is 0.168. The molecular formula is C18H14BrNO2. The Bertz CT molecular complexity index is 793. The molecule has 0 fully saturated rings. The molecule has 0 saturated heterocycles. The monoisotopic (exact) mass is 355 g/mol. The minimum Gasteiger partial charge on any atom is -0.464 e. The van der Waals surface area contributed by atoms with Gasteiger partial charge in [0, 0.05) is 21.3 Å². The van der Waals surface area contributed by atoms with Gasteiger partial charge in [-0.1, -0.05) is 28.1 Å². The SMILES string of the molecule is Cc1cccc(NC(=O)C2=Cc3cc(Br)ccc3OC=C2)c1. The molecular weight excluding hydrogens is 342 g/mol. The number of fused-ring (bicyclic) bond motifs is 1. The molecule has 110 valence electrons. The van der Waals surface area contributed by atoms with Gasteiger partial charge in [-0.15, -0.1) is 0 Å². The van der Waals surface area contributed by atoms with Crippen molar-refractivity contribution in [2.45, 2.75) is 6.92 Å². The van der Waals surface area contributed by atoms with Gasteiger partial charge in [0.1, 0.15) is 5.75 Å². The van der Waals surface area contributed by atoms with Crippen molar-refractivity contribution in [3.05, 3.63) is 76.0 Å². The van der Waals surface area contributed by atoms with Crippen LogP contribution < -0.4 is 10.1 Å². The Kier molecular flexibility index (Phi) is 4.11. The summed E-state index contributed by atoms with van der Waals surface area (Å²) in [7, 11) is 0. The highest BCUT2D eigenvalue weighted by Gasteiger charge is 2.12. The fraction of sp³-hybridized carbons (Fsp3) is 0.0556. The van der Waals surface area contributed by atoms with Gasteiger partial charge in [0.25, 0.3) is 5.91 Å². The summed E-state index contributed by atoms with van der Waals surface area (Å²) in [6, 6.07) is 13.4. The number of benzene rings is 2. The summed E-state index contributed by atoms with van der Waals surface area (Å²) in [4.78, 5) is 12.4. The van der Waals surface area contributed by atoms with E-state index in [1.807, 2.05) is 55.5 Å². The van der Waals surface area contributed by atoms with Crippen LogP contribution in [-0.2, 0) is 4.79 Å². The molecule has 2 aromatic carbocycles. The van der Waals surface area contributed by atoms with Gasteiger partial charge >= 0.3 is 0 Å². The first-order chi connectivity index (χ1) is 10.6. The summed E-state index contributed by atoms with van der Waals surface area (Å²) in [6.07, 6.45) is 5.01. The molecule has 1 N–H and O–H groups in total. The van der Waals surface area contributed by atoms with Crippen molar-refractivity contribution in [2.24, 2.45) is 0 Å². The summed E-state index contributed by atoms with van der Waals surface area (Å²) in [5.41, 5.74) is 3.27. The fourth-order valence-corrected chi connectivity index (χ4v) is 2.58. The predicted octanol–water partition coefficient (Wildman–Crippen LogP) is 4.69. The average Bonchev–Trinajstić information content (AvgIpc) is 2.69. The van der Waals surface area contributed by atoms with Gasteiger partial charge in [-0.25, -0.2) is 0 Å². The van der Waals surface area contributed by atoms with Crippen LogP contribution in [0.1, 0.15) is 11.1 Å². The second kappa shape index (κ2) is 6.20. The van der Waals surface area contributed by atoms with E-state index in [2.05, 4.69) is 21.2 Å². The largest absolute Gasteiger partial charge is 0.464 e. The Morgan fingerprint density at radius 2 is 2.05 bits per heavy atom. The lowest BCUT2D eigenvalue weighted by Gasteiger charge is -2.06. The lowest BCUT2D eigenvalue weighted by Crippen LogP contribution is -2.13. The van der Waals surface area contributed by atoms with Crippen molar-refractivity contribution >= 4 is 33.6 Å². The van der Waals surface area contributed by atoms with Crippen LogP contribution in [0.15, 0.2) is 64.8 Å². The lowest BCUT2D eigenvalue weighted by molar-refractivity contribution is -0.112. The van der Waals surface area contributed by atoms with Crippen molar-refractivity contribution in [1.29, 1.82) is 0 Å². The van der Waals surface area contributed by atoms with Crippen LogP contribution in [-0.4, -0.2) is 5.91 Å². The zero-order valence-electron chi connectivity index (χ0n) is 12.0. The molecule has 1 heterocycles. The van der Waals surface area contributed by atoms with E-state index in [1.165, 1.54) is 6.26 Å². The fourth-order valence-electron chi connectivity index (χ4n) is 2.20. The van der Waals surface area contributed by atoms with Gasteiger partial charge in [-0.2, -0.15) is 0 Å². The highest BCUT2D eigenvalue weighted by Crippen LogP contribution is 2.28. The van der Waals surface area contributed by atoms with E-state index in [9.17, 15) is 4.79 Å². The maximum atomic E-state index is 12.4. The molecule has 3 nitrogen and oxygen atoms in total. The quantitative estimate of drug-likeness (QED) is 0.848. The van der Waals surface area contributed by atoms with E-state index in [0.29, 0.717) is 5.57 Å². The van der Waals surface area contributed by atoms with Crippen molar-refractivity contribution in [2.75, 3.05) is 5.32 Å². The summed E-state index contributed by atoms with van der Waals surface area (Å²) in [6.45, 7) is 1.99. The molecule has 1 aliphatic heterocycles. The van der Waals surface area contributed by atoms with Crippen LogP contribution in [0, 0.1) is 6.92 Å². The van der Waals surface area contributed by atoms with E-state index in [4.69, 9.17) is 4.74 Å². The molecule has 0 saturated carbocycles. The van der Waals surface area contributed by atoms with Crippen molar-refractivity contribution in [1.82, 2.24) is 0 Å². The molecule has 1 amide bonds. The Morgan fingerprint density at radius 1 is 1.18 bits per heavy atom. The van der Waals surface area contributed by atoms with Crippen LogP contribution in [0.25, 0.3) is 6.08 Å². The summed E-state index contributed by atoms with van der Waals surface area (Å²) >= 11 is 3.43. The lowest BCUT2D eigenvalue weighted by atomic mass is 10.1. The number of nitrogens with one attached hydrogen (secondary N) is 1. The first kappa shape index (κ1) is 14.6. The summed E-state index contributed by atoms with van der Waals surface area (Å²) in [5.74, 6) is 0.552. The molecule has 0 aromatic heterocycles. The zero-order chi connectivity index (χ0) is 15.5. The van der Waals surface area contributed by atoms with Crippen molar-refractivity contribution in [3.63, 3.8) is 0 Å². The van der Waals surface area contributed by atoms with E-state index < -0.39 is 0 Å². The number of anilines is 1. The van der Waals surface area contributed by atoms with Crippen LogP contribution >= 0.6 is 15.9 Å². The molecule has 0 spiro atoms. The third-order valence-electron chi connectivity index (χ3n) is 3.26. The number of rotatable bonds is 2. The highest BCUT2D eigenvalue weighted by atomic mass is 79.9. The van der Waals surface area contributed by atoms with Crippen molar-refractivity contribution < 1.29 is 9.53 Å². The van der Waals surface area contributed by atoms with E-state index in [0.717, 1.165) is 27.0 Å². The molecule has 2 aromatic rings. The van der Waals surface area contributed by atoms with E-state index in [1.54, 1.807) is 6.08 Å². The number of ether oxygens (including phenoxy) is 1. The average molecular weight is 356 g/mol. The molecule has 22 heavy (non-hydrogen) atoms. The third-order valence-corrected chi connectivity index (χ3v) is 3.76. The van der Waals surface area contributed by atoms with E-state index >= 15 is 0 Å². The van der Waals surface area contributed by atoms with Gasteiger partial charge in [0.05, 0.1) is 6.26 Å². The van der Waals surface area contributed by atoms with E-state index in [-0.39, 0.29) is 5.91 Å². The first-order valence-electron chi connectivity index (χ1n) is 6.84. The number of carbonyl (C=O) groups is 1. The summed E-state index contributed by atoms with van der Waals surface area (Å²) in [5, 5.41) is 2.90. The number of carbonyl (C=O) groups excluding carboxylic acids is 1. The Hall–Kier alpha value is -2.33. The first-order valence-corrected chi connectivity index (χ1v) is 7.63. The maximum absolute atomic E-state index is 12.4.